The van der Waals surface area contributed by atoms with Crippen LogP contribution >= 0.6 is 0 Å². The van der Waals surface area contributed by atoms with Crippen molar-refractivity contribution >= 4 is 28.6 Å². The Bertz CT molecular complexity index is 1040. The summed E-state index contributed by atoms with van der Waals surface area (Å²) < 4.78 is 1.50. The predicted octanol–water partition coefficient (Wildman–Crippen LogP) is 2.41. The summed E-state index contributed by atoms with van der Waals surface area (Å²) in [6.45, 7) is 3.52. The summed E-state index contributed by atoms with van der Waals surface area (Å²) >= 11 is 0. The lowest BCUT2D eigenvalue weighted by Crippen LogP contribution is -2.13. The van der Waals surface area contributed by atoms with Crippen LogP contribution in [0.15, 0.2) is 30.5 Å². The highest BCUT2D eigenvalue weighted by Gasteiger charge is 2.20. The molecule has 1 aromatic carbocycles. The van der Waals surface area contributed by atoms with Crippen LogP contribution in [0.25, 0.3) is 5.65 Å². The molecule has 0 saturated heterocycles. The zero-order valence-corrected chi connectivity index (χ0v) is 13.7. The van der Waals surface area contributed by atoms with Crippen LogP contribution in [-0.4, -0.2) is 30.4 Å². The van der Waals surface area contributed by atoms with Crippen LogP contribution in [0.4, 0.5) is 17.1 Å². The van der Waals surface area contributed by atoms with Gasteiger partial charge in [-0.1, -0.05) is 0 Å². The molecule has 0 radical (unpaired) electrons. The molecule has 0 saturated carbocycles. The second kappa shape index (κ2) is 6.20. The SMILES string of the molecule is Cc1nc2c(C)cc(NC(=O)c3cc([N+](=O)[O-])cc([N+](=O)[O-])c3)cn2n1. The van der Waals surface area contributed by atoms with Crippen LogP contribution < -0.4 is 5.32 Å². The van der Waals surface area contributed by atoms with E-state index in [1.807, 2.05) is 0 Å². The van der Waals surface area contributed by atoms with Crippen LogP contribution in [0, 0.1) is 34.1 Å². The minimum atomic E-state index is -0.793. The molecule has 11 heteroatoms. The van der Waals surface area contributed by atoms with Gasteiger partial charge in [0.25, 0.3) is 17.3 Å². The average Bonchev–Trinajstić information content (AvgIpc) is 2.95. The smallest absolute Gasteiger partial charge is 0.277 e. The number of rotatable bonds is 4. The van der Waals surface area contributed by atoms with Gasteiger partial charge in [0, 0.05) is 12.1 Å². The molecule has 0 aliphatic rings. The molecule has 0 atom stereocenters. The normalized spacial score (nSPS) is 10.7. The molecule has 132 valence electrons. The summed E-state index contributed by atoms with van der Waals surface area (Å²) in [7, 11) is 0. The maximum Gasteiger partial charge on any atom is 0.277 e. The van der Waals surface area contributed by atoms with Crippen LogP contribution in [-0.2, 0) is 0 Å². The molecule has 11 nitrogen and oxygen atoms in total. The third-order valence-corrected chi connectivity index (χ3v) is 3.57. The number of nitrogens with zero attached hydrogens (tertiary/aromatic N) is 5. The molecule has 3 rings (SSSR count). The van der Waals surface area contributed by atoms with Gasteiger partial charge in [-0.2, -0.15) is 5.10 Å². The number of carbonyl (C=O) groups is 1. The van der Waals surface area contributed by atoms with Gasteiger partial charge in [0.1, 0.15) is 5.82 Å². The van der Waals surface area contributed by atoms with Crippen molar-refractivity contribution in [3.63, 3.8) is 0 Å². The van der Waals surface area contributed by atoms with Crippen LogP contribution in [0.1, 0.15) is 21.7 Å². The Kier molecular flexibility index (Phi) is 4.04. The number of aryl methyl sites for hydroxylation is 2. The number of nitro benzene ring substituents is 2. The topological polar surface area (TPSA) is 146 Å². The Hall–Kier alpha value is -3.89. The van der Waals surface area contributed by atoms with E-state index in [1.54, 1.807) is 19.9 Å². The first-order valence-electron chi connectivity index (χ1n) is 7.33. The summed E-state index contributed by atoms with van der Waals surface area (Å²) in [5.74, 6) is -0.154. The number of pyridine rings is 1. The molecule has 3 aromatic rings. The van der Waals surface area contributed by atoms with Crippen LogP contribution in [0.5, 0.6) is 0 Å². The van der Waals surface area contributed by atoms with Gasteiger partial charge in [-0.05, 0) is 25.5 Å². The lowest BCUT2D eigenvalue weighted by molar-refractivity contribution is -0.394. The molecule has 1 amide bonds. The molecule has 0 unspecified atom stereocenters. The molecule has 0 aliphatic heterocycles. The number of hydrogen-bond donors (Lipinski definition) is 1. The van der Waals surface area contributed by atoms with E-state index in [2.05, 4.69) is 15.4 Å². The van der Waals surface area contributed by atoms with Gasteiger partial charge >= 0.3 is 0 Å². The number of fused-ring (bicyclic) bond motifs is 1. The second-order valence-corrected chi connectivity index (χ2v) is 5.55. The quantitative estimate of drug-likeness (QED) is 0.558. The Labute approximate surface area is 145 Å². The highest BCUT2D eigenvalue weighted by atomic mass is 16.6. The first-order valence-corrected chi connectivity index (χ1v) is 7.33. The molecule has 26 heavy (non-hydrogen) atoms. The number of benzene rings is 1. The van der Waals surface area contributed by atoms with Crippen molar-refractivity contribution in [3.8, 4) is 0 Å². The van der Waals surface area contributed by atoms with E-state index in [4.69, 9.17) is 0 Å². The van der Waals surface area contributed by atoms with Gasteiger partial charge in [0.15, 0.2) is 5.65 Å². The Morgan fingerprint density at radius 3 is 2.27 bits per heavy atom. The monoisotopic (exact) mass is 356 g/mol. The summed E-state index contributed by atoms with van der Waals surface area (Å²) in [4.78, 5) is 36.9. The van der Waals surface area contributed by atoms with Crippen molar-refractivity contribution < 1.29 is 14.6 Å². The molecule has 2 aromatic heterocycles. The Balaban J connectivity index is 1.97. The number of anilines is 1. The van der Waals surface area contributed by atoms with E-state index in [-0.39, 0.29) is 5.56 Å². The van der Waals surface area contributed by atoms with E-state index in [0.29, 0.717) is 17.2 Å². The number of nitro groups is 2. The standard InChI is InChI=1S/C15H12N6O5/c1-8-3-11(7-19-14(8)16-9(2)18-19)17-15(22)10-4-12(20(23)24)6-13(5-10)21(25)26/h3-7H,1-2H3,(H,17,22). The number of carbonyl (C=O) groups excluding carboxylic acids is 1. The summed E-state index contributed by atoms with van der Waals surface area (Å²) in [6.07, 6.45) is 1.53. The van der Waals surface area contributed by atoms with Crippen molar-refractivity contribution in [1.29, 1.82) is 0 Å². The third-order valence-electron chi connectivity index (χ3n) is 3.57. The lowest BCUT2D eigenvalue weighted by atomic mass is 10.1. The fraction of sp³-hybridized carbons (Fsp3) is 0.133. The fourth-order valence-electron chi connectivity index (χ4n) is 2.46. The lowest BCUT2D eigenvalue weighted by Gasteiger charge is -2.07. The molecule has 0 bridgehead atoms. The zero-order valence-electron chi connectivity index (χ0n) is 13.7. The summed E-state index contributed by atoms with van der Waals surface area (Å²) in [6, 6.07) is 4.42. The number of amides is 1. The highest BCUT2D eigenvalue weighted by Crippen LogP contribution is 2.24. The van der Waals surface area contributed by atoms with Gasteiger partial charge in [-0.25, -0.2) is 9.50 Å². The zero-order chi connectivity index (χ0) is 19.0. The molecule has 0 fully saturated rings. The van der Waals surface area contributed by atoms with Crippen molar-refractivity contribution in [2.75, 3.05) is 5.32 Å². The van der Waals surface area contributed by atoms with E-state index in [1.165, 1.54) is 10.7 Å². The first-order chi connectivity index (χ1) is 12.2. The molecule has 0 aliphatic carbocycles. The van der Waals surface area contributed by atoms with E-state index >= 15 is 0 Å². The molecule has 2 heterocycles. The second-order valence-electron chi connectivity index (χ2n) is 5.55. The van der Waals surface area contributed by atoms with Crippen molar-refractivity contribution in [2.24, 2.45) is 0 Å². The van der Waals surface area contributed by atoms with Gasteiger partial charge in [-0.15, -0.1) is 0 Å². The van der Waals surface area contributed by atoms with Crippen LogP contribution in [0.3, 0.4) is 0 Å². The maximum absolute atomic E-state index is 12.4. The largest absolute Gasteiger partial charge is 0.321 e. The minimum absolute atomic E-state index is 0.196. The third kappa shape index (κ3) is 3.17. The fourth-order valence-corrected chi connectivity index (χ4v) is 2.46. The van der Waals surface area contributed by atoms with Crippen LogP contribution in [0.2, 0.25) is 0 Å². The summed E-state index contributed by atoms with van der Waals surface area (Å²) in [5, 5.41) is 28.6. The van der Waals surface area contributed by atoms with Gasteiger partial charge in [0.2, 0.25) is 0 Å². The number of nitrogens with one attached hydrogen (secondary N) is 1. The van der Waals surface area contributed by atoms with E-state index in [9.17, 15) is 25.0 Å². The first kappa shape index (κ1) is 17.0. The van der Waals surface area contributed by atoms with Crippen molar-refractivity contribution in [1.82, 2.24) is 14.6 Å². The highest BCUT2D eigenvalue weighted by molar-refractivity contribution is 6.05. The molecule has 0 spiro atoms. The predicted molar refractivity (Wildman–Crippen MR) is 90.2 cm³/mol. The summed E-state index contributed by atoms with van der Waals surface area (Å²) in [5.41, 5.74) is 0.489. The Morgan fingerprint density at radius 1 is 1.08 bits per heavy atom. The number of aromatic nitrogens is 3. The van der Waals surface area contributed by atoms with E-state index in [0.717, 1.165) is 23.8 Å². The van der Waals surface area contributed by atoms with E-state index < -0.39 is 27.1 Å². The number of non-ortho nitro benzene ring substituents is 2. The average molecular weight is 356 g/mol. The van der Waals surface area contributed by atoms with Crippen molar-refractivity contribution in [3.05, 3.63) is 67.6 Å². The molecule has 1 N–H and O–H groups in total. The Morgan fingerprint density at radius 2 is 1.69 bits per heavy atom. The molecular formula is C15H12N6O5. The molecular weight excluding hydrogens is 344 g/mol. The number of hydrogen-bond acceptors (Lipinski definition) is 7. The maximum atomic E-state index is 12.4. The van der Waals surface area contributed by atoms with Gasteiger partial charge < -0.3 is 5.32 Å². The minimum Gasteiger partial charge on any atom is -0.321 e. The van der Waals surface area contributed by atoms with Crippen molar-refractivity contribution in [2.45, 2.75) is 13.8 Å². The van der Waals surface area contributed by atoms with Gasteiger partial charge in [-0.3, -0.25) is 25.0 Å². The van der Waals surface area contributed by atoms with Gasteiger partial charge in [0.05, 0.1) is 33.4 Å².